The van der Waals surface area contributed by atoms with E-state index < -0.39 is 22.8 Å². The van der Waals surface area contributed by atoms with Crippen molar-refractivity contribution >= 4 is 17.6 Å². The van der Waals surface area contributed by atoms with Gasteiger partial charge in [0.25, 0.3) is 11.6 Å². The summed E-state index contributed by atoms with van der Waals surface area (Å²) in [5.74, 6) is -1.14. The minimum absolute atomic E-state index is 0.142. The third kappa shape index (κ3) is 4.85. The number of nitrogens with one attached hydrogen (secondary N) is 1. The van der Waals surface area contributed by atoms with Crippen LogP contribution in [0.1, 0.15) is 28.4 Å². The van der Waals surface area contributed by atoms with Crippen molar-refractivity contribution in [3.8, 4) is 0 Å². The predicted molar refractivity (Wildman–Crippen MR) is 93.7 cm³/mol. The fourth-order valence-electron chi connectivity index (χ4n) is 2.39. The van der Waals surface area contributed by atoms with Crippen LogP contribution in [-0.4, -0.2) is 34.4 Å². The maximum atomic E-state index is 12.6. The van der Waals surface area contributed by atoms with Crippen molar-refractivity contribution < 1.29 is 19.2 Å². The number of non-ortho nitro benzene ring substituents is 1. The zero-order valence-electron chi connectivity index (χ0n) is 14.5. The Morgan fingerprint density at radius 2 is 1.96 bits per heavy atom. The van der Waals surface area contributed by atoms with Crippen molar-refractivity contribution in [3.05, 3.63) is 69.5 Å². The third-order valence-corrected chi connectivity index (χ3v) is 3.74. The summed E-state index contributed by atoms with van der Waals surface area (Å²) < 4.78 is 5.03. The molecule has 8 nitrogen and oxygen atoms in total. The molecule has 0 aliphatic carbocycles. The smallest absolute Gasteiger partial charge is 0.328 e. The van der Waals surface area contributed by atoms with Crippen LogP contribution in [0.4, 0.5) is 5.69 Å². The SMILES string of the molecule is CCOC(=O)C(Cc1ccncc1)NC(=O)c1cc([N+](=O)[O-])ccc1C. The second-order valence-corrected chi connectivity index (χ2v) is 5.59. The van der Waals surface area contributed by atoms with Gasteiger partial charge in [-0.3, -0.25) is 19.9 Å². The van der Waals surface area contributed by atoms with Gasteiger partial charge in [-0.25, -0.2) is 4.79 Å². The fraction of sp³-hybridized carbons (Fsp3) is 0.278. The van der Waals surface area contributed by atoms with Crippen LogP contribution < -0.4 is 5.32 Å². The van der Waals surface area contributed by atoms with Crippen molar-refractivity contribution in [2.75, 3.05) is 6.61 Å². The van der Waals surface area contributed by atoms with Gasteiger partial charge in [-0.2, -0.15) is 0 Å². The number of amides is 1. The minimum Gasteiger partial charge on any atom is -0.464 e. The molecule has 0 saturated carbocycles. The normalized spacial score (nSPS) is 11.5. The molecule has 1 heterocycles. The largest absolute Gasteiger partial charge is 0.464 e. The monoisotopic (exact) mass is 357 g/mol. The second kappa shape index (κ2) is 8.70. The topological polar surface area (TPSA) is 111 Å². The van der Waals surface area contributed by atoms with E-state index in [9.17, 15) is 19.7 Å². The standard InChI is InChI=1S/C18H19N3O5/c1-3-26-18(23)16(10-13-6-8-19-9-7-13)20-17(22)15-11-14(21(24)25)5-4-12(15)2/h4-9,11,16H,3,10H2,1-2H3,(H,20,22). The van der Waals surface area contributed by atoms with E-state index in [1.54, 1.807) is 38.4 Å². The highest BCUT2D eigenvalue weighted by Crippen LogP contribution is 2.17. The van der Waals surface area contributed by atoms with Gasteiger partial charge in [0.15, 0.2) is 0 Å². The number of carbonyl (C=O) groups excluding carboxylic acids is 2. The number of aryl methyl sites for hydroxylation is 1. The number of aromatic nitrogens is 1. The second-order valence-electron chi connectivity index (χ2n) is 5.59. The van der Waals surface area contributed by atoms with Gasteiger partial charge in [0, 0.05) is 36.5 Å². The highest BCUT2D eigenvalue weighted by atomic mass is 16.6. The van der Waals surface area contributed by atoms with E-state index in [1.165, 1.54) is 18.2 Å². The number of nitrogens with zero attached hydrogens (tertiary/aromatic N) is 2. The molecule has 1 aromatic heterocycles. The first-order valence-electron chi connectivity index (χ1n) is 8.03. The summed E-state index contributed by atoms with van der Waals surface area (Å²) in [6.45, 7) is 3.52. The molecular formula is C18H19N3O5. The van der Waals surface area contributed by atoms with E-state index >= 15 is 0 Å². The van der Waals surface area contributed by atoms with E-state index in [0.29, 0.717) is 5.56 Å². The van der Waals surface area contributed by atoms with E-state index in [4.69, 9.17) is 4.74 Å². The summed E-state index contributed by atoms with van der Waals surface area (Å²) >= 11 is 0. The molecule has 136 valence electrons. The summed E-state index contributed by atoms with van der Waals surface area (Å²) in [7, 11) is 0. The minimum atomic E-state index is -0.913. The molecule has 1 amide bonds. The summed E-state index contributed by atoms with van der Waals surface area (Å²) in [6.07, 6.45) is 3.40. The lowest BCUT2D eigenvalue weighted by molar-refractivity contribution is -0.384. The van der Waals surface area contributed by atoms with Crippen LogP contribution in [0, 0.1) is 17.0 Å². The first-order chi connectivity index (χ1) is 12.4. The maximum absolute atomic E-state index is 12.6. The Hall–Kier alpha value is -3.29. The molecule has 0 spiro atoms. The molecule has 26 heavy (non-hydrogen) atoms. The summed E-state index contributed by atoms with van der Waals surface area (Å²) in [5, 5.41) is 13.6. The Morgan fingerprint density at radius 1 is 1.27 bits per heavy atom. The van der Waals surface area contributed by atoms with Gasteiger partial charge >= 0.3 is 5.97 Å². The molecule has 0 aliphatic heterocycles. The quantitative estimate of drug-likeness (QED) is 0.462. The van der Waals surface area contributed by atoms with E-state index in [1.807, 2.05) is 0 Å². The maximum Gasteiger partial charge on any atom is 0.328 e. The lowest BCUT2D eigenvalue weighted by Crippen LogP contribution is -2.43. The molecule has 2 rings (SSSR count). The zero-order valence-corrected chi connectivity index (χ0v) is 14.5. The molecule has 1 unspecified atom stereocenters. The molecule has 0 aliphatic rings. The molecule has 2 aromatic rings. The molecule has 0 radical (unpaired) electrons. The third-order valence-electron chi connectivity index (χ3n) is 3.74. The van der Waals surface area contributed by atoms with Gasteiger partial charge in [-0.05, 0) is 37.1 Å². The van der Waals surface area contributed by atoms with Crippen LogP contribution in [0.3, 0.4) is 0 Å². The van der Waals surface area contributed by atoms with E-state index in [2.05, 4.69) is 10.3 Å². The van der Waals surface area contributed by atoms with Gasteiger partial charge < -0.3 is 10.1 Å². The molecule has 0 bridgehead atoms. The van der Waals surface area contributed by atoms with Crippen LogP contribution in [0.15, 0.2) is 42.7 Å². The molecule has 1 N–H and O–H groups in total. The number of hydrogen-bond acceptors (Lipinski definition) is 6. The molecule has 1 atom stereocenters. The van der Waals surface area contributed by atoms with Crippen molar-refractivity contribution in [1.82, 2.24) is 10.3 Å². The number of nitro benzene ring substituents is 1. The Bertz CT molecular complexity index is 808. The molecule has 1 aromatic carbocycles. The van der Waals surface area contributed by atoms with Crippen LogP contribution in [0.25, 0.3) is 0 Å². The van der Waals surface area contributed by atoms with Gasteiger partial charge in [-0.1, -0.05) is 6.07 Å². The highest BCUT2D eigenvalue weighted by Gasteiger charge is 2.24. The molecular weight excluding hydrogens is 338 g/mol. The van der Waals surface area contributed by atoms with Crippen molar-refractivity contribution in [2.45, 2.75) is 26.3 Å². The van der Waals surface area contributed by atoms with Crippen molar-refractivity contribution in [1.29, 1.82) is 0 Å². The summed E-state index contributed by atoms with van der Waals surface area (Å²) in [6, 6.07) is 6.57. The van der Waals surface area contributed by atoms with Crippen molar-refractivity contribution in [2.24, 2.45) is 0 Å². The Kier molecular flexibility index (Phi) is 6.37. The molecule has 0 fully saturated rings. The van der Waals surface area contributed by atoms with Crippen LogP contribution in [-0.2, 0) is 16.0 Å². The first kappa shape index (κ1) is 19.0. The lowest BCUT2D eigenvalue weighted by Gasteiger charge is -2.18. The number of ether oxygens (including phenoxy) is 1. The van der Waals surface area contributed by atoms with Crippen LogP contribution >= 0.6 is 0 Å². The van der Waals surface area contributed by atoms with E-state index in [0.717, 1.165) is 5.56 Å². The summed E-state index contributed by atoms with van der Waals surface area (Å²) in [4.78, 5) is 39.1. The highest BCUT2D eigenvalue weighted by molar-refractivity contribution is 5.98. The molecule has 8 heteroatoms. The Morgan fingerprint density at radius 3 is 2.58 bits per heavy atom. The molecule has 0 saturated heterocycles. The summed E-state index contributed by atoms with van der Waals surface area (Å²) in [5.41, 5.74) is 1.32. The number of pyridine rings is 1. The van der Waals surface area contributed by atoms with Gasteiger partial charge in [0.1, 0.15) is 6.04 Å². The van der Waals surface area contributed by atoms with Gasteiger partial charge in [-0.15, -0.1) is 0 Å². The predicted octanol–water partition coefficient (Wildman–Crippen LogP) is 2.20. The first-order valence-corrected chi connectivity index (χ1v) is 8.03. The van der Waals surface area contributed by atoms with E-state index in [-0.39, 0.29) is 24.3 Å². The number of benzene rings is 1. The number of rotatable bonds is 7. The average molecular weight is 357 g/mol. The van der Waals surface area contributed by atoms with Gasteiger partial charge in [0.05, 0.1) is 11.5 Å². The Labute approximate surface area is 150 Å². The van der Waals surface area contributed by atoms with Crippen LogP contribution in [0.5, 0.6) is 0 Å². The zero-order chi connectivity index (χ0) is 19.1. The fourth-order valence-corrected chi connectivity index (χ4v) is 2.39. The number of nitro groups is 1. The number of esters is 1. The van der Waals surface area contributed by atoms with Crippen molar-refractivity contribution in [3.63, 3.8) is 0 Å². The number of carbonyl (C=O) groups is 2. The Balaban J connectivity index is 2.24. The van der Waals surface area contributed by atoms with Crippen LogP contribution in [0.2, 0.25) is 0 Å². The average Bonchev–Trinajstić information content (AvgIpc) is 2.62. The lowest BCUT2D eigenvalue weighted by atomic mass is 10.0. The number of hydrogen-bond donors (Lipinski definition) is 1. The van der Waals surface area contributed by atoms with Gasteiger partial charge in [0.2, 0.25) is 0 Å².